The van der Waals surface area contributed by atoms with Gasteiger partial charge in [-0.2, -0.15) is 15.0 Å². The first-order valence-electron chi connectivity index (χ1n) is 6.79. The number of ether oxygens (including phenoxy) is 1. The first kappa shape index (κ1) is 15.4. The van der Waals surface area contributed by atoms with Crippen LogP contribution in [0.4, 0.5) is 17.6 Å². The third-order valence-electron chi connectivity index (χ3n) is 2.55. The van der Waals surface area contributed by atoms with Gasteiger partial charge in [-0.15, -0.1) is 11.8 Å². The summed E-state index contributed by atoms with van der Waals surface area (Å²) in [4.78, 5) is 13.9. The summed E-state index contributed by atoms with van der Waals surface area (Å²) in [7, 11) is 0. The molecule has 1 aromatic heterocycles. The van der Waals surface area contributed by atoms with E-state index < -0.39 is 0 Å². The summed E-state index contributed by atoms with van der Waals surface area (Å²) in [5.74, 6) is 0.960. The molecular formula is C14H19N5OS. The van der Waals surface area contributed by atoms with Crippen LogP contribution in [0, 0.1) is 0 Å². The topological polar surface area (TPSA) is 72.0 Å². The third-order valence-corrected chi connectivity index (χ3v) is 3.27. The second kappa shape index (κ2) is 7.68. The number of thioether (sulfide) groups is 1. The van der Waals surface area contributed by atoms with Crippen molar-refractivity contribution in [2.45, 2.75) is 18.7 Å². The lowest BCUT2D eigenvalue weighted by molar-refractivity contribution is 0.312. The van der Waals surface area contributed by atoms with E-state index in [9.17, 15) is 0 Å². The summed E-state index contributed by atoms with van der Waals surface area (Å²) in [6.45, 7) is 5.12. The van der Waals surface area contributed by atoms with Gasteiger partial charge in [0, 0.05) is 17.1 Å². The van der Waals surface area contributed by atoms with Crippen LogP contribution in [0.5, 0.6) is 6.01 Å². The Bertz CT molecular complexity index is 569. The Labute approximate surface area is 128 Å². The number of nitrogens with zero attached hydrogens (tertiary/aromatic N) is 3. The monoisotopic (exact) mass is 305 g/mol. The second-order valence-corrected chi connectivity index (χ2v) is 4.97. The van der Waals surface area contributed by atoms with Crippen molar-refractivity contribution in [1.82, 2.24) is 15.0 Å². The maximum Gasteiger partial charge on any atom is 0.323 e. The van der Waals surface area contributed by atoms with Gasteiger partial charge in [0.05, 0.1) is 6.61 Å². The minimum atomic E-state index is 0.312. The Kier molecular flexibility index (Phi) is 5.62. The molecule has 0 radical (unpaired) electrons. The van der Waals surface area contributed by atoms with E-state index in [1.165, 1.54) is 4.90 Å². The smallest absolute Gasteiger partial charge is 0.323 e. The third kappa shape index (κ3) is 4.49. The van der Waals surface area contributed by atoms with E-state index in [0.29, 0.717) is 24.5 Å². The Hall–Kier alpha value is -2.02. The molecule has 6 nitrogen and oxygen atoms in total. The predicted octanol–water partition coefficient (Wildman–Crippen LogP) is 3.17. The average Bonchev–Trinajstić information content (AvgIpc) is 2.48. The first-order chi connectivity index (χ1) is 10.2. The molecule has 1 aromatic carbocycles. The van der Waals surface area contributed by atoms with Crippen LogP contribution < -0.4 is 15.4 Å². The van der Waals surface area contributed by atoms with Crippen LogP contribution in [0.1, 0.15) is 13.8 Å². The molecule has 0 aliphatic heterocycles. The van der Waals surface area contributed by atoms with Crippen LogP contribution in [0.25, 0.3) is 0 Å². The molecule has 21 heavy (non-hydrogen) atoms. The first-order valence-corrected chi connectivity index (χ1v) is 8.01. The van der Waals surface area contributed by atoms with Crippen LogP contribution in [0.2, 0.25) is 0 Å². The maximum atomic E-state index is 5.37. The fraction of sp³-hybridized carbons (Fsp3) is 0.357. The minimum Gasteiger partial charge on any atom is -0.464 e. The molecule has 0 spiro atoms. The highest BCUT2D eigenvalue weighted by molar-refractivity contribution is 7.98. The summed E-state index contributed by atoms with van der Waals surface area (Å²) in [6, 6.07) is 8.37. The van der Waals surface area contributed by atoms with Crippen molar-refractivity contribution in [3.63, 3.8) is 0 Å². The van der Waals surface area contributed by atoms with E-state index in [-0.39, 0.29) is 0 Å². The van der Waals surface area contributed by atoms with E-state index in [1.807, 2.05) is 38.3 Å². The van der Waals surface area contributed by atoms with Crippen molar-refractivity contribution in [3.05, 3.63) is 24.3 Å². The van der Waals surface area contributed by atoms with E-state index in [1.54, 1.807) is 11.8 Å². The van der Waals surface area contributed by atoms with Crippen molar-refractivity contribution in [2.75, 3.05) is 30.0 Å². The molecule has 112 valence electrons. The van der Waals surface area contributed by atoms with Gasteiger partial charge in [-0.05, 0) is 38.3 Å². The average molecular weight is 305 g/mol. The quantitative estimate of drug-likeness (QED) is 0.761. The number of nitrogens with one attached hydrogen (secondary N) is 2. The van der Waals surface area contributed by atoms with Crippen molar-refractivity contribution in [1.29, 1.82) is 0 Å². The van der Waals surface area contributed by atoms with E-state index in [2.05, 4.69) is 31.7 Å². The van der Waals surface area contributed by atoms with Gasteiger partial charge in [-0.25, -0.2) is 0 Å². The molecule has 0 aliphatic rings. The molecule has 0 fully saturated rings. The number of aromatic nitrogens is 3. The van der Waals surface area contributed by atoms with Gasteiger partial charge in [-0.3, -0.25) is 0 Å². The van der Waals surface area contributed by atoms with Crippen molar-refractivity contribution in [3.8, 4) is 6.01 Å². The number of hydrogen-bond donors (Lipinski definition) is 2. The van der Waals surface area contributed by atoms with Gasteiger partial charge in [0.15, 0.2) is 0 Å². The molecule has 0 bridgehead atoms. The van der Waals surface area contributed by atoms with E-state index in [0.717, 1.165) is 12.2 Å². The Balaban J connectivity index is 2.24. The largest absolute Gasteiger partial charge is 0.464 e. The zero-order chi connectivity index (χ0) is 15.1. The van der Waals surface area contributed by atoms with Crippen molar-refractivity contribution < 1.29 is 4.74 Å². The Morgan fingerprint density at radius 3 is 2.67 bits per heavy atom. The highest BCUT2D eigenvalue weighted by Gasteiger charge is 2.07. The number of benzene rings is 1. The highest BCUT2D eigenvalue weighted by atomic mass is 32.2. The lowest BCUT2D eigenvalue weighted by atomic mass is 10.3. The number of rotatable bonds is 7. The van der Waals surface area contributed by atoms with Gasteiger partial charge in [0.2, 0.25) is 11.9 Å². The molecular weight excluding hydrogens is 286 g/mol. The summed E-state index contributed by atoms with van der Waals surface area (Å²) >= 11 is 1.69. The molecule has 0 amide bonds. The van der Waals surface area contributed by atoms with Crippen LogP contribution >= 0.6 is 11.8 Å². The Morgan fingerprint density at radius 1 is 1.14 bits per heavy atom. The molecule has 0 saturated heterocycles. The Morgan fingerprint density at radius 2 is 1.95 bits per heavy atom. The van der Waals surface area contributed by atoms with Crippen molar-refractivity contribution in [2.24, 2.45) is 0 Å². The van der Waals surface area contributed by atoms with Crippen LogP contribution in [0.15, 0.2) is 29.2 Å². The molecule has 0 saturated carbocycles. The highest BCUT2D eigenvalue weighted by Crippen LogP contribution is 2.22. The second-order valence-electron chi connectivity index (χ2n) is 4.09. The number of anilines is 3. The van der Waals surface area contributed by atoms with Crippen LogP contribution in [0.3, 0.4) is 0 Å². The molecule has 2 N–H and O–H groups in total. The zero-order valence-electron chi connectivity index (χ0n) is 12.4. The van der Waals surface area contributed by atoms with Gasteiger partial charge >= 0.3 is 6.01 Å². The fourth-order valence-corrected chi connectivity index (χ4v) is 2.13. The van der Waals surface area contributed by atoms with Gasteiger partial charge in [-0.1, -0.05) is 6.07 Å². The SMILES string of the molecule is CCNc1nc(Nc2cccc(SC)c2)nc(OCC)n1. The molecule has 0 unspecified atom stereocenters. The van der Waals surface area contributed by atoms with Crippen molar-refractivity contribution >= 4 is 29.3 Å². The van der Waals surface area contributed by atoms with E-state index in [4.69, 9.17) is 4.74 Å². The van der Waals surface area contributed by atoms with Gasteiger partial charge in [0.25, 0.3) is 0 Å². The van der Waals surface area contributed by atoms with Gasteiger partial charge in [0.1, 0.15) is 0 Å². The van der Waals surface area contributed by atoms with Crippen LogP contribution in [-0.2, 0) is 0 Å². The molecule has 1 heterocycles. The molecule has 0 atom stereocenters. The van der Waals surface area contributed by atoms with Crippen LogP contribution in [-0.4, -0.2) is 34.4 Å². The molecule has 2 aromatic rings. The standard InChI is InChI=1S/C14H19N5OS/c1-4-15-12-17-13(19-14(18-12)20-5-2)16-10-7-6-8-11(9-10)21-3/h6-9H,4-5H2,1-3H3,(H2,15,16,17,18,19). The summed E-state index contributed by atoms with van der Waals surface area (Å²) in [5, 5.41) is 6.25. The summed E-state index contributed by atoms with van der Waals surface area (Å²) in [6.07, 6.45) is 2.04. The summed E-state index contributed by atoms with van der Waals surface area (Å²) in [5.41, 5.74) is 0.929. The number of hydrogen-bond acceptors (Lipinski definition) is 7. The lowest BCUT2D eigenvalue weighted by Crippen LogP contribution is -2.09. The predicted molar refractivity (Wildman–Crippen MR) is 86.7 cm³/mol. The molecule has 2 rings (SSSR count). The van der Waals surface area contributed by atoms with Gasteiger partial charge < -0.3 is 15.4 Å². The zero-order valence-corrected chi connectivity index (χ0v) is 13.2. The summed E-state index contributed by atoms with van der Waals surface area (Å²) < 4.78 is 5.37. The molecule has 7 heteroatoms. The minimum absolute atomic E-state index is 0.312. The normalized spacial score (nSPS) is 10.2. The fourth-order valence-electron chi connectivity index (χ4n) is 1.67. The lowest BCUT2D eigenvalue weighted by Gasteiger charge is -2.10. The van der Waals surface area contributed by atoms with E-state index >= 15 is 0 Å². The molecule has 0 aliphatic carbocycles. The maximum absolute atomic E-state index is 5.37.